The highest BCUT2D eigenvalue weighted by atomic mass is 19.3. The molecule has 0 aliphatic rings. The van der Waals surface area contributed by atoms with Crippen LogP contribution < -0.4 is 16.8 Å². The topological polar surface area (TPSA) is 77.0 Å². The standard InChI is InChI=1S/C8H12F2N4/c1-8(9,10)4-14-7-6(12)5(11)2-3-13-7/h2-3H,4,12H2,1H3,(H3,11,13,14). The van der Waals surface area contributed by atoms with E-state index in [9.17, 15) is 8.78 Å². The van der Waals surface area contributed by atoms with Gasteiger partial charge in [-0.25, -0.2) is 13.8 Å². The van der Waals surface area contributed by atoms with Gasteiger partial charge in [0.1, 0.15) is 0 Å². The second kappa shape index (κ2) is 3.65. The largest absolute Gasteiger partial charge is 0.397 e. The van der Waals surface area contributed by atoms with Gasteiger partial charge >= 0.3 is 0 Å². The summed E-state index contributed by atoms with van der Waals surface area (Å²) in [4.78, 5) is 3.79. The van der Waals surface area contributed by atoms with Crippen molar-refractivity contribution in [3.63, 3.8) is 0 Å². The maximum Gasteiger partial charge on any atom is 0.262 e. The zero-order valence-electron chi connectivity index (χ0n) is 7.72. The Hall–Kier alpha value is -1.59. The van der Waals surface area contributed by atoms with Crippen LogP contribution in [0.15, 0.2) is 12.3 Å². The fourth-order valence-corrected chi connectivity index (χ4v) is 0.868. The van der Waals surface area contributed by atoms with Gasteiger partial charge in [-0.3, -0.25) is 0 Å². The first-order chi connectivity index (χ1) is 6.40. The molecule has 1 aromatic rings. The quantitative estimate of drug-likeness (QED) is 0.690. The average molecular weight is 202 g/mol. The van der Waals surface area contributed by atoms with E-state index in [1.165, 1.54) is 12.3 Å². The van der Waals surface area contributed by atoms with Crippen LogP contribution in [0.5, 0.6) is 0 Å². The van der Waals surface area contributed by atoms with Crippen LogP contribution in [0.25, 0.3) is 0 Å². The van der Waals surface area contributed by atoms with E-state index in [0.29, 0.717) is 5.69 Å². The zero-order chi connectivity index (χ0) is 10.8. The molecule has 0 saturated heterocycles. The average Bonchev–Trinajstić information content (AvgIpc) is 2.06. The van der Waals surface area contributed by atoms with Gasteiger partial charge in [0.05, 0.1) is 17.9 Å². The molecule has 0 atom stereocenters. The van der Waals surface area contributed by atoms with Crippen molar-refractivity contribution in [2.75, 3.05) is 23.3 Å². The summed E-state index contributed by atoms with van der Waals surface area (Å²) in [6, 6.07) is 1.50. The molecule has 4 nitrogen and oxygen atoms in total. The molecule has 1 aromatic heterocycles. The third-order valence-electron chi connectivity index (χ3n) is 1.59. The molecular formula is C8H12F2N4. The number of hydrogen-bond acceptors (Lipinski definition) is 4. The molecule has 0 unspecified atom stereocenters. The van der Waals surface area contributed by atoms with Crippen molar-refractivity contribution < 1.29 is 8.78 Å². The minimum Gasteiger partial charge on any atom is -0.397 e. The van der Waals surface area contributed by atoms with Gasteiger partial charge < -0.3 is 16.8 Å². The summed E-state index contributed by atoms with van der Waals surface area (Å²) in [7, 11) is 0. The smallest absolute Gasteiger partial charge is 0.262 e. The summed E-state index contributed by atoms with van der Waals surface area (Å²) in [5, 5.41) is 2.43. The lowest BCUT2D eigenvalue weighted by molar-refractivity contribution is 0.0367. The number of rotatable bonds is 3. The van der Waals surface area contributed by atoms with Gasteiger partial charge in [-0.1, -0.05) is 0 Å². The van der Waals surface area contributed by atoms with Crippen LogP contribution in [0.1, 0.15) is 6.92 Å². The molecule has 0 radical (unpaired) electrons. The van der Waals surface area contributed by atoms with E-state index in [2.05, 4.69) is 10.3 Å². The van der Waals surface area contributed by atoms with E-state index in [4.69, 9.17) is 11.5 Å². The van der Waals surface area contributed by atoms with Crippen molar-refractivity contribution in [1.82, 2.24) is 4.98 Å². The Balaban J connectivity index is 2.73. The lowest BCUT2D eigenvalue weighted by atomic mass is 10.3. The summed E-state index contributed by atoms with van der Waals surface area (Å²) in [5.41, 5.74) is 11.5. The fraction of sp³-hybridized carbons (Fsp3) is 0.375. The van der Waals surface area contributed by atoms with Crippen molar-refractivity contribution in [1.29, 1.82) is 0 Å². The number of pyridine rings is 1. The maximum atomic E-state index is 12.5. The highest BCUT2D eigenvalue weighted by Crippen LogP contribution is 2.22. The second-order valence-electron chi connectivity index (χ2n) is 3.09. The Morgan fingerprint density at radius 3 is 2.71 bits per heavy atom. The minimum atomic E-state index is -2.81. The first-order valence-electron chi connectivity index (χ1n) is 4.02. The van der Waals surface area contributed by atoms with Gasteiger partial charge in [0.25, 0.3) is 5.92 Å². The summed E-state index contributed by atoms with van der Waals surface area (Å²) in [5.74, 6) is -2.62. The molecule has 0 spiro atoms. The van der Waals surface area contributed by atoms with Gasteiger partial charge in [0.15, 0.2) is 5.82 Å². The lowest BCUT2D eigenvalue weighted by Gasteiger charge is -2.13. The Morgan fingerprint density at radius 1 is 1.50 bits per heavy atom. The van der Waals surface area contributed by atoms with Gasteiger partial charge in [-0.15, -0.1) is 0 Å². The molecule has 0 amide bonds. The minimum absolute atomic E-state index is 0.187. The van der Waals surface area contributed by atoms with E-state index in [1.807, 2.05) is 0 Å². The second-order valence-corrected chi connectivity index (χ2v) is 3.09. The van der Waals surface area contributed by atoms with Crippen molar-refractivity contribution in [2.45, 2.75) is 12.8 Å². The predicted molar refractivity (Wildman–Crippen MR) is 52.2 cm³/mol. The molecule has 6 heteroatoms. The predicted octanol–water partition coefficient (Wildman–Crippen LogP) is 1.31. The molecule has 0 fully saturated rings. The van der Waals surface area contributed by atoms with E-state index in [-0.39, 0.29) is 11.5 Å². The molecule has 78 valence electrons. The number of nitrogens with one attached hydrogen (secondary N) is 1. The number of halogens is 2. The normalized spacial score (nSPS) is 11.4. The number of nitrogens with zero attached hydrogens (tertiary/aromatic N) is 1. The Morgan fingerprint density at radius 2 is 2.14 bits per heavy atom. The summed E-state index contributed by atoms with van der Waals surface area (Å²) < 4.78 is 25.0. The first-order valence-corrected chi connectivity index (χ1v) is 4.02. The molecular weight excluding hydrogens is 190 g/mol. The number of aromatic nitrogens is 1. The Labute approximate surface area is 80.3 Å². The molecule has 0 bridgehead atoms. The van der Waals surface area contributed by atoms with Crippen molar-refractivity contribution in [3.8, 4) is 0 Å². The van der Waals surface area contributed by atoms with Crippen LogP contribution in [0.3, 0.4) is 0 Å². The number of nitrogen functional groups attached to an aromatic ring is 2. The van der Waals surface area contributed by atoms with Gasteiger partial charge in [-0.2, -0.15) is 0 Å². The van der Waals surface area contributed by atoms with Crippen LogP contribution >= 0.6 is 0 Å². The fourth-order valence-electron chi connectivity index (χ4n) is 0.868. The van der Waals surface area contributed by atoms with Gasteiger partial charge in [-0.05, 0) is 6.07 Å². The van der Waals surface area contributed by atoms with E-state index >= 15 is 0 Å². The molecule has 14 heavy (non-hydrogen) atoms. The van der Waals surface area contributed by atoms with Crippen LogP contribution in [-0.4, -0.2) is 17.5 Å². The summed E-state index contributed by atoms with van der Waals surface area (Å²) >= 11 is 0. The molecule has 0 saturated carbocycles. The van der Waals surface area contributed by atoms with E-state index in [0.717, 1.165) is 6.92 Å². The van der Waals surface area contributed by atoms with E-state index in [1.54, 1.807) is 0 Å². The van der Waals surface area contributed by atoms with Crippen LogP contribution in [0.4, 0.5) is 26.0 Å². The molecule has 0 aliphatic carbocycles. The SMILES string of the molecule is CC(F)(F)CNc1nccc(N)c1N. The Bertz CT molecular complexity index is 322. The zero-order valence-corrected chi connectivity index (χ0v) is 7.72. The van der Waals surface area contributed by atoms with E-state index < -0.39 is 12.5 Å². The third kappa shape index (κ3) is 2.72. The molecule has 0 aliphatic heterocycles. The first kappa shape index (κ1) is 10.5. The van der Waals surface area contributed by atoms with Crippen molar-refractivity contribution >= 4 is 17.2 Å². The third-order valence-corrected chi connectivity index (χ3v) is 1.59. The van der Waals surface area contributed by atoms with Crippen LogP contribution in [-0.2, 0) is 0 Å². The van der Waals surface area contributed by atoms with Gasteiger partial charge in [0, 0.05) is 13.1 Å². The monoisotopic (exact) mass is 202 g/mol. The molecule has 1 rings (SSSR count). The highest BCUT2D eigenvalue weighted by Gasteiger charge is 2.21. The number of alkyl halides is 2. The Kier molecular flexibility index (Phi) is 2.73. The summed E-state index contributed by atoms with van der Waals surface area (Å²) in [6.45, 7) is 0.288. The van der Waals surface area contributed by atoms with Crippen molar-refractivity contribution in [3.05, 3.63) is 12.3 Å². The lowest BCUT2D eigenvalue weighted by Crippen LogP contribution is -2.23. The molecule has 5 N–H and O–H groups in total. The maximum absolute atomic E-state index is 12.5. The number of nitrogens with two attached hydrogens (primary N) is 2. The summed E-state index contributed by atoms with van der Waals surface area (Å²) in [6.07, 6.45) is 1.40. The molecule has 1 heterocycles. The van der Waals surface area contributed by atoms with Crippen LogP contribution in [0, 0.1) is 0 Å². The highest BCUT2D eigenvalue weighted by molar-refractivity contribution is 5.75. The van der Waals surface area contributed by atoms with Gasteiger partial charge in [0.2, 0.25) is 0 Å². The number of hydrogen-bond donors (Lipinski definition) is 3. The molecule has 0 aromatic carbocycles. The number of anilines is 3. The van der Waals surface area contributed by atoms with Crippen LogP contribution in [0.2, 0.25) is 0 Å². The van der Waals surface area contributed by atoms with Crippen molar-refractivity contribution in [2.24, 2.45) is 0 Å².